The fraction of sp³-hybridized carbons (Fsp3) is 0.441. The minimum Gasteiger partial charge on any atom is -0.497 e. The van der Waals surface area contributed by atoms with Gasteiger partial charge in [0.25, 0.3) is 5.91 Å². The lowest BCUT2D eigenvalue weighted by Gasteiger charge is -2.38. The van der Waals surface area contributed by atoms with Gasteiger partial charge in [-0.3, -0.25) is 14.4 Å². The van der Waals surface area contributed by atoms with E-state index >= 15 is 0 Å². The van der Waals surface area contributed by atoms with Gasteiger partial charge >= 0.3 is 0 Å². The number of likely N-dealkylation sites (tertiary alicyclic amines) is 1. The molecule has 9 heteroatoms. The highest BCUT2D eigenvalue weighted by Crippen LogP contribution is 2.64. The van der Waals surface area contributed by atoms with Crippen molar-refractivity contribution >= 4 is 23.4 Å². The molecule has 0 radical (unpaired) electrons. The summed E-state index contributed by atoms with van der Waals surface area (Å²) in [5, 5.41) is 10.2. The van der Waals surface area contributed by atoms with Crippen molar-refractivity contribution in [3.63, 3.8) is 0 Å². The SMILES string of the molecule is C=CCN(Cc1ccccc1)C(=O)[C@@H]1[C@H]2C(=O)N([C@H](C)CO)C(C(=O)N(CC=C)c3ccc(OC)cc3)C23CC[C@@]1(C)O3. The number of rotatable bonds is 12. The molecule has 6 atom stereocenters. The van der Waals surface area contributed by atoms with Gasteiger partial charge in [-0.1, -0.05) is 42.5 Å². The number of carbonyl (C=O) groups is 3. The zero-order chi connectivity index (χ0) is 30.9. The minimum absolute atomic E-state index is 0.196. The van der Waals surface area contributed by atoms with Crippen LogP contribution in [0.15, 0.2) is 79.9 Å². The van der Waals surface area contributed by atoms with E-state index < -0.39 is 35.1 Å². The van der Waals surface area contributed by atoms with Crippen LogP contribution in [0, 0.1) is 11.8 Å². The first kappa shape index (κ1) is 30.5. The number of ether oxygens (including phenoxy) is 2. The number of anilines is 1. The predicted octanol–water partition coefficient (Wildman–Crippen LogP) is 3.57. The fourth-order valence-electron chi connectivity index (χ4n) is 7.33. The van der Waals surface area contributed by atoms with Gasteiger partial charge in [0.1, 0.15) is 17.4 Å². The molecule has 3 aliphatic rings. The highest BCUT2D eigenvalue weighted by atomic mass is 16.5. The summed E-state index contributed by atoms with van der Waals surface area (Å²) in [5.41, 5.74) is -0.571. The molecule has 9 nitrogen and oxygen atoms in total. The Hall–Kier alpha value is -3.95. The first-order valence-electron chi connectivity index (χ1n) is 14.8. The summed E-state index contributed by atoms with van der Waals surface area (Å²) >= 11 is 0. The maximum Gasteiger partial charge on any atom is 0.253 e. The van der Waals surface area contributed by atoms with E-state index in [0.29, 0.717) is 37.4 Å². The zero-order valence-corrected chi connectivity index (χ0v) is 25.1. The number of nitrogens with zero attached hydrogens (tertiary/aromatic N) is 3. The van der Waals surface area contributed by atoms with Gasteiger partial charge in [-0.15, -0.1) is 13.2 Å². The summed E-state index contributed by atoms with van der Waals surface area (Å²) < 4.78 is 12.1. The van der Waals surface area contributed by atoms with E-state index in [1.54, 1.807) is 60.3 Å². The van der Waals surface area contributed by atoms with Gasteiger partial charge in [0.2, 0.25) is 11.8 Å². The maximum absolute atomic E-state index is 14.6. The molecule has 0 saturated carbocycles. The monoisotopic (exact) mass is 587 g/mol. The lowest BCUT2D eigenvalue weighted by atomic mass is 9.66. The first-order valence-corrected chi connectivity index (χ1v) is 14.8. The molecule has 0 aromatic heterocycles. The van der Waals surface area contributed by atoms with Crippen molar-refractivity contribution in [1.82, 2.24) is 9.80 Å². The normalized spacial score (nSPS) is 27.9. The van der Waals surface area contributed by atoms with Crippen LogP contribution in [0.3, 0.4) is 0 Å². The van der Waals surface area contributed by atoms with Crippen molar-refractivity contribution < 1.29 is 29.0 Å². The molecular weight excluding hydrogens is 546 g/mol. The molecule has 43 heavy (non-hydrogen) atoms. The van der Waals surface area contributed by atoms with Crippen LogP contribution in [0.4, 0.5) is 5.69 Å². The topological polar surface area (TPSA) is 99.6 Å². The van der Waals surface area contributed by atoms with E-state index in [4.69, 9.17) is 9.47 Å². The Morgan fingerprint density at radius 1 is 1.09 bits per heavy atom. The van der Waals surface area contributed by atoms with Crippen LogP contribution in [-0.2, 0) is 25.7 Å². The van der Waals surface area contributed by atoms with Crippen LogP contribution in [0.5, 0.6) is 5.75 Å². The number of aliphatic hydroxyl groups is 1. The predicted molar refractivity (Wildman–Crippen MR) is 163 cm³/mol. The van der Waals surface area contributed by atoms with E-state index in [9.17, 15) is 19.5 Å². The number of carbonyl (C=O) groups excluding carboxylic acids is 3. The molecule has 5 rings (SSSR count). The highest BCUT2D eigenvalue weighted by Gasteiger charge is 2.78. The van der Waals surface area contributed by atoms with Gasteiger partial charge in [-0.2, -0.15) is 0 Å². The Kier molecular flexibility index (Phi) is 8.49. The molecule has 2 aromatic rings. The van der Waals surface area contributed by atoms with Crippen molar-refractivity contribution in [2.24, 2.45) is 11.8 Å². The molecule has 1 spiro atoms. The quantitative estimate of drug-likeness (QED) is 0.381. The third kappa shape index (κ3) is 5.04. The second-order valence-corrected chi connectivity index (χ2v) is 11.9. The second-order valence-electron chi connectivity index (χ2n) is 11.9. The lowest BCUT2D eigenvalue weighted by Crippen LogP contribution is -2.58. The van der Waals surface area contributed by atoms with Crippen LogP contribution in [-0.4, -0.2) is 82.7 Å². The Balaban J connectivity index is 1.56. The van der Waals surface area contributed by atoms with E-state index in [1.807, 2.05) is 37.3 Å². The first-order chi connectivity index (χ1) is 20.7. The number of methoxy groups -OCH3 is 1. The Labute approximate surface area is 253 Å². The fourth-order valence-corrected chi connectivity index (χ4v) is 7.33. The summed E-state index contributed by atoms with van der Waals surface area (Å²) in [5.74, 6) is -1.90. The average Bonchev–Trinajstić information content (AvgIpc) is 3.59. The maximum atomic E-state index is 14.6. The van der Waals surface area contributed by atoms with Crippen LogP contribution in [0.25, 0.3) is 0 Å². The van der Waals surface area contributed by atoms with E-state index in [1.165, 1.54) is 4.90 Å². The van der Waals surface area contributed by atoms with E-state index in [2.05, 4.69) is 13.2 Å². The van der Waals surface area contributed by atoms with Gasteiger partial charge in [-0.05, 0) is 56.5 Å². The molecule has 2 bridgehead atoms. The van der Waals surface area contributed by atoms with Crippen molar-refractivity contribution in [2.45, 2.75) is 56.5 Å². The van der Waals surface area contributed by atoms with Gasteiger partial charge in [0, 0.05) is 25.3 Å². The zero-order valence-electron chi connectivity index (χ0n) is 25.1. The van der Waals surface area contributed by atoms with Crippen LogP contribution >= 0.6 is 0 Å². The van der Waals surface area contributed by atoms with Gasteiger partial charge in [0.15, 0.2) is 0 Å². The summed E-state index contributed by atoms with van der Waals surface area (Å²) in [6.45, 7) is 11.8. The lowest BCUT2D eigenvalue weighted by molar-refractivity contribution is -0.152. The Morgan fingerprint density at radius 2 is 1.77 bits per heavy atom. The number of hydrogen-bond donors (Lipinski definition) is 1. The number of fused-ring (bicyclic) bond motifs is 1. The molecule has 3 saturated heterocycles. The Morgan fingerprint density at radius 3 is 2.37 bits per heavy atom. The standard InChI is InChI=1S/C34H41N3O6/c1-6-19-35(21-24-11-9-8-10-12-24)30(39)27-28-31(40)37(23(3)22-38)29(34(28)18-17-33(27,4)43-34)32(41)36(20-7-2)25-13-15-26(42-5)16-14-25/h6-16,23,27-29,38H,1-2,17-22H2,3-5H3/t23-,27+,28+,29?,33-,34?/m1/s1. The number of amides is 3. The molecular formula is C34H41N3O6. The van der Waals surface area contributed by atoms with Crippen molar-refractivity contribution in [2.75, 3.05) is 31.7 Å². The summed E-state index contributed by atoms with van der Waals surface area (Å²) in [6, 6.07) is 15.1. The second kappa shape index (κ2) is 12.0. The van der Waals surface area contributed by atoms with E-state index in [-0.39, 0.29) is 30.9 Å². The minimum atomic E-state index is -1.22. The van der Waals surface area contributed by atoms with Crippen LogP contribution in [0.2, 0.25) is 0 Å². The van der Waals surface area contributed by atoms with Gasteiger partial charge in [-0.25, -0.2) is 0 Å². The average molecular weight is 588 g/mol. The van der Waals surface area contributed by atoms with Crippen molar-refractivity contribution in [1.29, 1.82) is 0 Å². The summed E-state index contributed by atoms with van der Waals surface area (Å²) in [6.07, 6.45) is 4.28. The number of benzene rings is 2. The van der Waals surface area contributed by atoms with Crippen molar-refractivity contribution in [3.8, 4) is 5.75 Å². The molecule has 0 aliphatic carbocycles. The highest BCUT2D eigenvalue weighted by molar-refractivity contribution is 6.05. The third-order valence-corrected chi connectivity index (χ3v) is 9.29. The number of hydrogen-bond acceptors (Lipinski definition) is 6. The number of aliphatic hydroxyl groups excluding tert-OH is 1. The molecule has 228 valence electrons. The molecule has 3 heterocycles. The third-order valence-electron chi connectivity index (χ3n) is 9.29. The Bertz CT molecular complexity index is 1380. The molecule has 3 amide bonds. The van der Waals surface area contributed by atoms with Crippen molar-refractivity contribution in [3.05, 3.63) is 85.5 Å². The van der Waals surface area contributed by atoms with Crippen LogP contribution < -0.4 is 9.64 Å². The molecule has 2 aromatic carbocycles. The molecule has 1 N–H and O–H groups in total. The largest absolute Gasteiger partial charge is 0.497 e. The smallest absolute Gasteiger partial charge is 0.253 e. The molecule has 3 fully saturated rings. The van der Waals surface area contributed by atoms with Gasteiger partial charge < -0.3 is 29.3 Å². The van der Waals surface area contributed by atoms with Crippen LogP contribution in [0.1, 0.15) is 32.3 Å². The van der Waals surface area contributed by atoms with Gasteiger partial charge in [0.05, 0.1) is 37.2 Å². The summed E-state index contributed by atoms with van der Waals surface area (Å²) in [4.78, 5) is 48.2. The van der Waals surface area contributed by atoms with E-state index in [0.717, 1.165) is 5.56 Å². The molecule has 2 unspecified atom stereocenters. The molecule has 3 aliphatic heterocycles. The summed E-state index contributed by atoms with van der Waals surface area (Å²) in [7, 11) is 1.57.